The molecular weight excluding hydrogens is 443 g/mol. The molecule has 1 N–H and O–H groups in total. The number of hydrogen-bond donors (Lipinski definition) is 1. The number of nitrogens with zero attached hydrogens (tertiary/aromatic N) is 2. The molecule has 0 spiro atoms. The predicted octanol–water partition coefficient (Wildman–Crippen LogP) is 6.40. The molecule has 1 atom stereocenters. The fraction of sp³-hybridized carbons (Fsp3) is 0.227. The smallest absolute Gasteiger partial charge is 0.325 e. The number of thiazole rings is 1. The molecule has 3 aromatic rings. The fourth-order valence-electron chi connectivity index (χ4n) is 2.77. The van der Waals surface area contributed by atoms with E-state index in [0.29, 0.717) is 28.4 Å². The molecule has 1 aromatic heterocycles. The van der Waals surface area contributed by atoms with Crippen LogP contribution in [0.2, 0.25) is 0 Å². The molecule has 0 saturated carbocycles. The van der Waals surface area contributed by atoms with Crippen LogP contribution in [0.25, 0.3) is 10.6 Å². The number of para-hydroxylation sites is 1. The average Bonchev–Trinajstić information content (AvgIpc) is 3.17. The molecule has 0 bridgehead atoms. The summed E-state index contributed by atoms with van der Waals surface area (Å²) < 4.78 is 38.8. The van der Waals surface area contributed by atoms with Crippen molar-refractivity contribution in [3.05, 3.63) is 65.2 Å². The Labute approximate surface area is 186 Å². The third kappa shape index (κ3) is 6.32. The topological polar surface area (TPSA) is 65.8 Å². The zero-order valence-electron chi connectivity index (χ0n) is 16.4. The summed E-state index contributed by atoms with van der Waals surface area (Å²) in [5, 5.41) is 13.9. The molecule has 9 heteroatoms. The minimum atomic E-state index is -4.42. The number of nitriles is 1. The van der Waals surface area contributed by atoms with Crippen LogP contribution in [-0.4, -0.2) is 16.1 Å². The number of hydrogen-bond acceptors (Lipinski definition) is 5. The maximum Gasteiger partial charge on any atom is 0.416 e. The van der Waals surface area contributed by atoms with Gasteiger partial charge in [-0.15, -0.1) is 23.1 Å². The minimum Gasteiger partial charge on any atom is -0.325 e. The summed E-state index contributed by atoms with van der Waals surface area (Å²) in [7, 11) is 0. The number of aromatic nitrogens is 1. The number of amides is 1. The normalized spacial score (nSPS) is 12.2. The molecule has 0 fully saturated rings. The number of benzene rings is 2. The largest absolute Gasteiger partial charge is 0.416 e. The number of rotatable bonds is 7. The van der Waals surface area contributed by atoms with Crippen molar-refractivity contribution in [1.29, 1.82) is 5.26 Å². The first-order valence-corrected chi connectivity index (χ1v) is 11.1. The molecule has 4 nitrogen and oxygen atoms in total. The molecule has 1 unspecified atom stereocenters. The SMILES string of the molecule is CC(CC#N)Sc1ccccc1NC(=O)Cc1csc(-c2cccc(C(F)(F)F)c2)n1. The summed E-state index contributed by atoms with van der Waals surface area (Å²) in [5.74, 6) is -0.276. The summed E-state index contributed by atoms with van der Waals surface area (Å²) in [4.78, 5) is 17.7. The van der Waals surface area contributed by atoms with Crippen LogP contribution < -0.4 is 5.32 Å². The lowest BCUT2D eigenvalue weighted by Crippen LogP contribution is -2.15. The molecule has 1 amide bonds. The van der Waals surface area contributed by atoms with Crippen molar-refractivity contribution in [2.75, 3.05) is 5.32 Å². The van der Waals surface area contributed by atoms with Gasteiger partial charge in [-0.25, -0.2) is 4.98 Å². The van der Waals surface area contributed by atoms with E-state index < -0.39 is 11.7 Å². The molecule has 160 valence electrons. The van der Waals surface area contributed by atoms with Crippen LogP contribution in [0.4, 0.5) is 18.9 Å². The van der Waals surface area contributed by atoms with Gasteiger partial charge >= 0.3 is 6.18 Å². The number of alkyl halides is 3. The van der Waals surface area contributed by atoms with E-state index in [0.717, 1.165) is 17.0 Å². The Morgan fingerprint density at radius 3 is 2.77 bits per heavy atom. The molecule has 0 aliphatic carbocycles. The van der Waals surface area contributed by atoms with Crippen molar-refractivity contribution in [1.82, 2.24) is 4.98 Å². The Morgan fingerprint density at radius 1 is 1.26 bits per heavy atom. The molecule has 1 heterocycles. The molecule has 2 aromatic carbocycles. The van der Waals surface area contributed by atoms with E-state index in [-0.39, 0.29) is 17.6 Å². The van der Waals surface area contributed by atoms with E-state index in [2.05, 4.69) is 16.4 Å². The highest BCUT2D eigenvalue weighted by Crippen LogP contribution is 2.34. The van der Waals surface area contributed by atoms with Crippen LogP contribution in [0.3, 0.4) is 0 Å². The van der Waals surface area contributed by atoms with E-state index in [9.17, 15) is 18.0 Å². The summed E-state index contributed by atoms with van der Waals surface area (Å²) in [6, 6.07) is 14.4. The van der Waals surface area contributed by atoms with Gasteiger partial charge in [-0.3, -0.25) is 4.79 Å². The van der Waals surface area contributed by atoms with Gasteiger partial charge in [-0.05, 0) is 24.3 Å². The van der Waals surface area contributed by atoms with Gasteiger partial charge in [0.15, 0.2) is 0 Å². The predicted molar refractivity (Wildman–Crippen MR) is 117 cm³/mol. The summed E-state index contributed by atoms with van der Waals surface area (Å²) >= 11 is 2.70. The monoisotopic (exact) mass is 461 g/mol. The Bertz CT molecular complexity index is 1110. The van der Waals surface area contributed by atoms with Crippen LogP contribution in [0.15, 0.2) is 58.8 Å². The molecule has 0 aliphatic heterocycles. The maximum absolute atomic E-state index is 12.9. The van der Waals surface area contributed by atoms with Gasteiger partial charge in [0.05, 0.1) is 29.4 Å². The number of nitrogens with one attached hydrogen (secondary N) is 1. The van der Waals surface area contributed by atoms with E-state index in [1.807, 2.05) is 25.1 Å². The third-order valence-electron chi connectivity index (χ3n) is 4.20. The van der Waals surface area contributed by atoms with Crippen LogP contribution in [0, 0.1) is 11.3 Å². The Balaban J connectivity index is 1.68. The molecule has 0 saturated heterocycles. The third-order valence-corrected chi connectivity index (χ3v) is 6.32. The number of thioether (sulfide) groups is 1. The molecule has 31 heavy (non-hydrogen) atoms. The lowest BCUT2D eigenvalue weighted by molar-refractivity contribution is -0.137. The summed E-state index contributed by atoms with van der Waals surface area (Å²) in [5.41, 5.74) is 0.757. The van der Waals surface area contributed by atoms with E-state index in [4.69, 9.17) is 5.26 Å². The zero-order chi connectivity index (χ0) is 22.4. The summed E-state index contributed by atoms with van der Waals surface area (Å²) in [6.07, 6.45) is -4.03. The highest BCUT2D eigenvalue weighted by molar-refractivity contribution is 8.00. The maximum atomic E-state index is 12.9. The average molecular weight is 462 g/mol. The van der Waals surface area contributed by atoms with E-state index in [1.54, 1.807) is 17.5 Å². The first-order valence-electron chi connectivity index (χ1n) is 9.31. The Hall–Kier alpha value is -2.83. The second-order valence-corrected chi connectivity index (χ2v) is 9.07. The van der Waals surface area contributed by atoms with Gasteiger partial charge in [-0.1, -0.05) is 31.2 Å². The molecule has 0 aliphatic rings. The highest BCUT2D eigenvalue weighted by Gasteiger charge is 2.30. The fourth-order valence-corrected chi connectivity index (χ4v) is 4.58. The van der Waals surface area contributed by atoms with Crippen molar-refractivity contribution in [3.8, 4) is 16.6 Å². The van der Waals surface area contributed by atoms with Gasteiger partial charge in [0, 0.05) is 27.5 Å². The van der Waals surface area contributed by atoms with Crippen LogP contribution in [0.1, 0.15) is 24.6 Å². The first kappa shape index (κ1) is 22.8. The lowest BCUT2D eigenvalue weighted by Gasteiger charge is -2.13. The van der Waals surface area contributed by atoms with Gasteiger partial charge in [-0.2, -0.15) is 18.4 Å². The summed E-state index contributed by atoms with van der Waals surface area (Å²) in [6.45, 7) is 1.94. The zero-order valence-corrected chi connectivity index (χ0v) is 18.1. The molecule has 0 radical (unpaired) electrons. The van der Waals surface area contributed by atoms with Crippen molar-refractivity contribution in [2.45, 2.75) is 36.1 Å². The van der Waals surface area contributed by atoms with Crippen LogP contribution in [0.5, 0.6) is 0 Å². The van der Waals surface area contributed by atoms with Crippen LogP contribution in [-0.2, 0) is 17.4 Å². The lowest BCUT2D eigenvalue weighted by atomic mass is 10.1. The second-order valence-electron chi connectivity index (χ2n) is 6.73. The van der Waals surface area contributed by atoms with Gasteiger partial charge in [0.25, 0.3) is 0 Å². The molecular formula is C22H18F3N3OS2. The van der Waals surface area contributed by atoms with Crippen molar-refractivity contribution >= 4 is 34.7 Å². The standard InChI is InChI=1S/C22H18F3N3OS2/c1-14(9-10-26)31-19-8-3-2-7-18(19)28-20(29)12-17-13-30-21(27-17)15-5-4-6-16(11-15)22(23,24)25/h2-8,11,13-14H,9,12H2,1H3,(H,28,29). The van der Waals surface area contributed by atoms with Gasteiger partial charge in [0.2, 0.25) is 5.91 Å². The quantitative estimate of drug-likeness (QED) is 0.413. The highest BCUT2D eigenvalue weighted by atomic mass is 32.2. The molecule has 3 rings (SSSR count). The van der Waals surface area contributed by atoms with Crippen molar-refractivity contribution in [2.24, 2.45) is 0 Å². The number of anilines is 1. The Morgan fingerprint density at radius 2 is 2.03 bits per heavy atom. The van der Waals surface area contributed by atoms with E-state index >= 15 is 0 Å². The minimum absolute atomic E-state index is 0.00219. The second kappa shape index (κ2) is 9.98. The van der Waals surface area contributed by atoms with E-state index in [1.165, 1.54) is 29.2 Å². The van der Waals surface area contributed by atoms with Gasteiger partial charge < -0.3 is 5.32 Å². The number of carbonyl (C=O) groups excluding carboxylic acids is 1. The van der Waals surface area contributed by atoms with Crippen LogP contribution >= 0.6 is 23.1 Å². The first-order chi connectivity index (χ1) is 14.8. The number of halogens is 3. The number of carbonyl (C=O) groups is 1. The van der Waals surface area contributed by atoms with Crippen molar-refractivity contribution in [3.63, 3.8) is 0 Å². The Kier molecular flexibility index (Phi) is 7.36. The van der Waals surface area contributed by atoms with Crippen molar-refractivity contribution < 1.29 is 18.0 Å². The van der Waals surface area contributed by atoms with Gasteiger partial charge in [0.1, 0.15) is 5.01 Å².